The van der Waals surface area contributed by atoms with Crippen LogP contribution in [0.3, 0.4) is 0 Å². The Balaban J connectivity index is 2.26. The monoisotopic (exact) mass is 260 g/mol. The summed E-state index contributed by atoms with van der Waals surface area (Å²) in [5, 5.41) is 3.59. The average molecular weight is 260 g/mol. The second-order valence-electron chi connectivity index (χ2n) is 3.88. The average Bonchev–Trinajstić information content (AvgIpc) is 2.88. The molecule has 0 aliphatic rings. The van der Waals surface area contributed by atoms with E-state index < -0.39 is 0 Å². The van der Waals surface area contributed by atoms with E-state index in [4.69, 9.17) is 10.6 Å². The Morgan fingerprint density at radius 1 is 1.39 bits per heavy atom. The van der Waals surface area contributed by atoms with E-state index in [9.17, 15) is 0 Å². The zero-order valence-electron chi connectivity index (χ0n) is 10.3. The third-order valence-electron chi connectivity index (χ3n) is 2.56. The molecule has 0 spiro atoms. The van der Waals surface area contributed by atoms with Crippen molar-refractivity contribution in [1.82, 2.24) is 0 Å². The molecule has 0 fully saturated rings. The number of para-hydroxylation sites is 1. The highest BCUT2D eigenvalue weighted by molar-refractivity contribution is 7.09. The van der Waals surface area contributed by atoms with Gasteiger partial charge >= 0.3 is 0 Å². The number of benzene rings is 1. The highest BCUT2D eigenvalue weighted by Gasteiger charge is 2.10. The van der Waals surface area contributed by atoms with Crippen LogP contribution in [-0.4, -0.2) is 7.05 Å². The molecule has 18 heavy (non-hydrogen) atoms. The fraction of sp³-hybridized carbons (Fsp3) is 0.143. The SMILES string of the molecule is C=Cc1cccc(N(C)N)c1OCc1cccs1. The van der Waals surface area contributed by atoms with Gasteiger partial charge in [-0.2, -0.15) is 0 Å². The van der Waals surface area contributed by atoms with Crippen molar-refractivity contribution in [1.29, 1.82) is 0 Å². The second kappa shape index (κ2) is 5.71. The molecule has 1 aromatic carbocycles. The predicted molar refractivity (Wildman–Crippen MR) is 77.8 cm³/mol. The maximum absolute atomic E-state index is 5.88. The van der Waals surface area contributed by atoms with Gasteiger partial charge in [0.15, 0.2) is 5.75 Å². The summed E-state index contributed by atoms with van der Waals surface area (Å²) in [5.74, 6) is 6.58. The summed E-state index contributed by atoms with van der Waals surface area (Å²) in [6.45, 7) is 4.35. The topological polar surface area (TPSA) is 38.5 Å². The van der Waals surface area contributed by atoms with Gasteiger partial charge in [0.25, 0.3) is 0 Å². The van der Waals surface area contributed by atoms with Crippen molar-refractivity contribution in [3.8, 4) is 5.75 Å². The van der Waals surface area contributed by atoms with Crippen LogP contribution in [0.5, 0.6) is 5.75 Å². The minimum Gasteiger partial charge on any atom is -0.485 e. The first-order valence-corrected chi connectivity index (χ1v) is 6.49. The molecule has 3 nitrogen and oxygen atoms in total. The van der Waals surface area contributed by atoms with Crippen LogP contribution in [0.15, 0.2) is 42.3 Å². The molecule has 0 saturated carbocycles. The molecule has 2 N–H and O–H groups in total. The van der Waals surface area contributed by atoms with Crippen LogP contribution in [0.2, 0.25) is 0 Å². The van der Waals surface area contributed by atoms with Gasteiger partial charge < -0.3 is 9.75 Å². The normalized spacial score (nSPS) is 10.1. The van der Waals surface area contributed by atoms with Gasteiger partial charge in [0, 0.05) is 17.5 Å². The molecular weight excluding hydrogens is 244 g/mol. The van der Waals surface area contributed by atoms with Crippen LogP contribution < -0.4 is 15.6 Å². The summed E-state index contributed by atoms with van der Waals surface area (Å²) in [6.07, 6.45) is 1.77. The van der Waals surface area contributed by atoms with Crippen LogP contribution in [-0.2, 0) is 6.61 Å². The van der Waals surface area contributed by atoms with Gasteiger partial charge in [0.05, 0.1) is 5.69 Å². The lowest BCUT2D eigenvalue weighted by atomic mass is 10.1. The quantitative estimate of drug-likeness (QED) is 0.662. The van der Waals surface area contributed by atoms with E-state index in [-0.39, 0.29) is 0 Å². The molecule has 2 aromatic rings. The van der Waals surface area contributed by atoms with E-state index in [1.807, 2.05) is 35.7 Å². The van der Waals surface area contributed by atoms with Gasteiger partial charge in [-0.15, -0.1) is 11.3 Å². The molecule has 0 unspecified atom stereocenters. The lowest BCUT2D eigenvalue weighted by molar-refractivity contribution is 0.309. The number of anilines is 1. The lowest BCUT2D eigenvalue weighted by Gasteiger charge is -2.19. The van der Waals surface area contributed by atoms with Crippen molar-refractivity contribution in [3.63, 3.8) is 0 Å². The maximum atomic E-state index is 5.88. The van der Waals surface area contributed by atoms with Crippen LogP contribution >= 0.6 is 11.3 Å². The van der Waals surface area contributed by atoms with Crippen LogP contribution in [0.1, 0.15) is 10.4 Å². The third-order valence-corrected chi connectivity index (χ3v) is 3.41. The zero-order chi connectivity index (χ0) is 13.0. The Hall–Kier alpha value is -1.78. The Bertz CT molecular complexity index is 521. The Labute approximate surface area is 111 Å². The maximum Gasteiger partial charge on any atom is 0.151 e. The minimum atomic E-state index is 0.545. The molecule has 0 bridgehead atoms. The van der Waals surface area contributed by atoms with Crippen LogP contribution in [0, 0.1) is 0 Å². The predicted octanol–water partition coefficient (Wildman–Crippen LogP) is 3.28. The molecule has 0 aliphatic heterocycles. The Morgan fingerprint density at radius 3 is 2.83 bits per heavy atom. The van der Waals surface area contributed by atoms with Crippen molar-refractivity contribution in [2.24, 2.45) is 5.84 Å². The van der Waals surface area contributed by atoms with Gasteiger partial charge in [0.1, 0.15) is 6.61 Å². The van der Waals surface area contributed by atoms with Crippen molar-refractivity contribution >= 4 is 23.1 Å². The molecule has 1 aromatic heterocycles. The molecule has 1 heterocycles. The first-order valence-electron chi connectivity index (χ1n) is 5.61. The van der Waals surface area contributed by atoms with Crippen molar-refractivity contribution < 1.29 is 4.74 Å². The van der Waals surface area contributed by atoms with E-state index in [1.54, 1.807) is 29.5 Å². The Morgan fingerprint density at radius 2 is 2.22 bits per heavy atom. The lowest BCUT2D eigenvalue weighted by Crippen LogP contribution is -2.25. The number of thiophene rings is 1. The van der Waals surface area contributed by atoms with E-state index in [2.05, 4.69) is 6.58 Å². The summed E-state index contributed by atoms with van der Waals surface area (Å²) in [7, 11) is 1.79. The van der Waals surface area contributed by atoms with E-state index in [0.29, 0.717) is 6.61 Å². The first kappa shape index (κ1) is 12.7. The summed E-state index contributed by atoms with van der Waals surface area (Å²) < 4.78 is 5.88. The van der Waals surface area contributed by atoms with Crippen LogP contribution in [0.25, 0.3) is 6.08 Å². The third kappa shape index (κ3) is 2.72. The van der Waals surface area contributed by atoms with Crippen molar-refractivity contribution in [2.75, 3.05) is 12.1 Å². The second-order valence-corrected chi connectivity index (χ2v) is 4.91. The fourth-order valence-electron chi connectivity index (χ4n) is 1.68. The summed E-state index contributed by atoms with van der Waals surface area (Å²) in [5.41, 5.74) is 1.80. The van der Waals surface area contributed by atoms with E-state index in [1.165, 1.54) is 4.88 Å². The number of hydrazine groups is 1. The molecule has 2 rings (SSSR count). The molecule has 0 saturated heterocycles. The van der Waals surface area contributed by atoms with Crippen molar-refractivity contribution in [3.05, 3.63) is 52.7 Å². The van der Waals surface area contributed by atoms with E-state index in [0.717, 1.165) is 17.0 Å². The fourth-order valence-corrected chi connectivity index (χ4v) is 2.29. The number of nitrogens with two attached hydrogens (primary N) is 1. The minimum absolute atomic E-state index is 0.545. The molecule has 0 atom stereocenters. The van der Waals surface area contributed by atoms with Crippen molar-refractivity contribution in [2.45, 2.75) is 6.61 Å². The number of hydrogen-bond acceptors (Lipinski definition) is 4. The smallest absolute Gasteiger partial charge is 0.151 e. The van der Waals surface area contributed by atoms with E-state index >= 15 is 0 Å². The molecule has 94 valence electrons. The first-order chi connectivity index (χ1) is 8.72. The van der Waals surface area contributed by atoms with Gasteiger partial charge in [-0.3, -0.25) is 0 Å². The summed E-state index contributed by atoms with van der Waals surface area (Å²) in [4.78, 5) is 1.18. The number of nitrogens with zero attached hydrogens (tertiary/aromatic N) is 1. The number of ether oxygens (including phenoxy) is 1. The molecule has 0 radical (unpaired) electrons. The molecule has 4 heteroatoms. The molecular formula is C14H16N2OS. The van der Waals surface area contributed by atoms with Gasteiger partial charge in [0.2, 0.25) is 0 Å². The van der Waals surface area contributed by atoms with Gasteiger partial charge in [-0.1, -0.05) is 30.9 Å². The highest BCUT2D eigenvalue weighted by Crippen LogP contribution is 2.32. The highest BCUT2D eigenvalue weighted by atomic mass is 32.1. The standard InChI is InChI=1S/C14H16N2OS/c1-3-11-6-4-8-13(16(2)15)14(11)17-10-12-7-5-9-18-12/h3-9H,1,10,15H2,2H3. The Kier molecular flexibility index (Phi) is 4.02. The summed E-state index contributed by atoms with van der Waals surface area (Å²) >= 11 is 1.67. The van der Waals surface area contributed by atoms with Gasteiger partial charge in [-0.05, 0) is 17.5 Å². The molecule has 0 amide bonds. The number of rotatable bonds is 5. The van der Waals surface area contributed by atoms with Crippen LogP contribution in [0.4, 0.5) is 5.69 Å². The van der Waals surface area contributed by atoms with Gasteiger partial charge in [-0.25, -0.2) is 5.84 Å². The number of hydrogen-bond donors (Lipinski definition) is 1. The molecule has 0 aliphatic carbocycles. The zero-order valence-corrected chi connectivity index (χ0v) is 11.1. The largest absolute Gasteiger partial charge is 0.485 e. The summed E-state index contributed by atoms with van der Waals surface area (Å²) in [6, 6.07) is 9.89.